The van der Waals surface area contributed by atoms with Gasteiger partial charge in [0.05, 0.1) is 28.9 Å². The zero-order chi connectivity index (χ0) is 39.8. The van der Waals surface area contributed by atoms with Gasteiger partial charge in [0.1, 0.15) is 6.10 Å². The summed E-state index contributed by atoms with van der Waals surface area (Å²) in [6.45, 7) is -0.771. The maximum absolute atomic E-state index is 14.0. The van der Waals surface area contributed by atoms with E-state index in [1.165, 1.54) is 48.5 Å². The highest BCUT2D eigenvalue weighted by atomic mass is 16.8. The van der Waals surface area contributed by atoms with Gasteiger partial charge in [0, 0.05) is 12.8 Å². The fraction of sp³-hybridized carbons (Fsp3) is 0.341. The summed E-state index contributed by atoms with van der Waals surface area (Å²) < 4.78 is 31.1. The number of carboxylic acids is 1. The minimum absolute atomic E-state index is 0.0768. The van der Waals surface area contributed by atoms with Gasteiger partial charge in [0.2, 0.25) is 6.10 Å². The number of carbonyl (C=O) groups excluding carboxylic acids is 4. The lowest BCUT2D eigenvalue weighted by Crippen LogP contribution is -2.69. The van der Waals surface area contributed by atoms with Gasteiger partial charge in [-0.15, -0.1) is 0 Å². The molecule has 56 heavy (non-hydrogen) atoms. The Bertz CT molecular complexity index is 1870. The Labute approximate surface area is 325 Å². The average molecular weight is 767 g/mol. The summed E-state index contributed by atoms with van der Waals surface area (Å²) in [5.41, 5.74) is 0.580. The van der Waals surface area contributed by atoms with E-state index in [1.807, 2.05) is 0 Å². The first-order valence-electron chi connectivity index (χ1n) is 18.8. The summed E-state index contributed by atoms with van der Waals surface area (Å²) in [7, 11) is 0. The van der Waals surface area contributed by atoms with Crippen molar-refractivity contribution in [2.75, 3.05) is 6.61 Å². The highest BCUT2D eigenvalue weighted by molar-refractivity contribution is 5.92. The van der Waals surface area contributed by atoms with Crippen LogP contribution in [0.1, 0.15) is 99.2 Å². The standard InChI is InChI=1S/C44H46O12/c45-30-35-37(52-40(48)31-20-10-6-11-21-31)38(53-41(49)32-22-12-7-13-23-32)39(54-42(50)33-24-14-8-15-25-33)44(55-35,56-43(51)34-26-16-9-17-27-34)29-19-5-3-1-2-4-18-28-36(46)47/h6-17,20-27,35,37-39,45H,1-5,18-19,28-30H2,(H,46,47)/t35-,37-,38+,39-,44-/m1/s1. The minimum Gasteiger partial charge on any atom is -0.481 e. The molecular formula is C44H46O12. The average Bonchev–Trinajstić information content (AvgIpc) is 3.23. The Morgan fingerprint density at radius 1 is 0.518 bits per heavy atom. The van der Waals surface area contributed by atoms with Gasteiger partial charge < -0.3 is 33.9 Å². The van der Waals surface area contributed by atoms with E-state index in [1.54, 1.807) is 72.8 Å². The number of aliphatic carboxylic acids is 1. The molecule has 0 aromatic heterocycles. The van der Waals surface area contributed by atoms with Crippen molar-refractivity contribution >= 4 is 29.8 Å². The normalized spacial score (nSPS) is 20.3. The van der Waals surface area contributed by atoms with E-state index in [9.17, 15) is 29.1 Å². The fourth-order valence-corrected chi connectivity index (χ4v) is 6.54. The highest BCUT2D eigenvalue weighted by Gasteiger charge is 2.62. The largest absolute Gasteiger partial charge is 0.481 e. The molecule has 1 saturated heterocycles. The smallest absolute Gasteiger partial charge is 0.340 e. The van der Waals surface area contributed by atoms with Crippen LogP contribution in [-0.2, 0) is 28.5 Å². The number of benzene rings is 4. The van der Waals surface area contributed by atoms with Gasteiger partial charge in [-0.3, -0.25) is 4.79 Å². The molecule has 1 heterocycles. The number of carboxylic acid groups (broad SMARTS) is 1. The Morgan fingerprint density at radius 3 is 1.36 bits per heavy atom. The Morgan fingerprint density at radius 2 is 0.911 bits per heavy atom. The lowest BCUT2D eigenvalue weighted by molar-refractivity contribution is -0.345. The number of hydrogen-bond acceptors (Lipinski definition) is 11. The van der Waals surface area contributed by atoms with E-state index in [2.05, 4.69) is 0 Å². The van der Waals surface area contributed by atoms with E-state index in [0.29, 0.717) is 19.3 Å². The van der Waals surface area contributed by atoms with Gasteiger partial charge >= 0.3 is 29.8 Å². The van der Waals surface area contributed by atoms with Gasteiger partial charge in [-0.1, -0.05) is 105 Å². The topological polar surface area (TPSA) is 172 Å². The molecule has 4 aromatic carbocycles. The molecule has 4 aromatic rings. The third kappa shape index (κ3) is 11.3. The Kier molecular flexibility index (Phi) is 15.3. The second-order valence-corrected chi connectivity index (χ2v) is 13.4. The zero-order valence-corrected chi connectivity index (χ0v) is 30.9. The molecule has 12 nitrogen and oxygen atoms in total. The first kappa shape index (κ1) is 41.3. The molecule has 0 bridgehead atoms. The van der Waals surface area contributed by atoms with E-state index in [0.717, 1.165) is 25.7 Å². The molecule has 12 heteroatoms. The van der Waals surface area contributed by atoms with Crippen LogP contribution in [-0.4, -0.2) is 76.9 Å². The lowest BCUT2D eigenvalue weighted by Gasteiger charge is -2.50. The molecule has 1 aliphatic heterocycles. The number of aliphatic hydroxyl groups excluding tert-OH is 1. The van der Waals surface area contributed by atoms with Crippen LogP contribution in [0, 0.1) is 0 Å². The highest BCUT2D eigenvalue weighted by Crippen LogP contribution is 2.41. The van der Waals surface area contributed by atoms with Crippen molar-refractivity contribution in [3.05, 3.63) is 144 Å². The number of esters is 4. The first-order chi connectivity index (χ1) is 27.2. The van der Waals surface area contributed by atoms with Crippen molar-refractivity contribution in [1.29, 1.82) is 0 Å². The van der Waals surface area contributed by atoms with E-state index in [4.69, 9.17) is 28.8 Å². The van der Waals surface area contributed by atoms with Gasteiger partial charge in [0.15, 0.2) is 12.2 Å². The predicted molar refractivity (Wildman–Crippen MR) is 203 cm³/mol. The van der Waals surface area contributed by atoms with Crippen molar-refractivity contribution in [2.24, 2.45) is 0 Å². The van der Waals surface area contributed by atoms with E-state index >= 15 is 0 Å². The molecule has 2 N–H and O–H groups in total. The van der Waals surface area contributed by atoms with Gasteiger partial charge in [-0.2, -0.15) is 0 Å². The zero-order valence-electron chi connectivity index (χ0n) is 30.9. The number of hydrogen-bond donors (Lipinski definition) is 2. The van der Waals surface area contributed by atoms with Crippen LogP contribution in [0.2, 0.25) is 0 Å². The number of ether oxygens (including phenoxy) is 5. The third-order valence-corrected chi connectivity index (χ3v) is 9.39. The minimum atomic E-state index is -2.16. The van der Waals surface area contributed by atoms with Crippen molar-refractivity contribution in [2.45, 2.75) is 88.0 Å². The lowest BCUT2D eigenvalue weighted by atomic mass is 9.88. The van der Waals surface area contributed by atoms with Crippen LogP contribution < -0.4 is 0 Å². The number of rotatable bonds is 19. The molecule has 0 saturated carbocycles. The number of aliphatic hydroxyl groups is 1. The fourth-order valence-electron chi connectivity index (χ4n) is 6.54. The molecule has 0 amide bonds. The summed E-state index contributed by atoms with van der Waals surface area (Å²) in [6.07, 6.45) is -1.62. The van der Waals surface area contributed by atoms with Gasteiger partial charge in [-0.25, -0.2) is 19.2 Å². The maximum atomic E-state index is 14.0. The van der Waals surface area contributed by atoms with Gasteiger partial charge in [0.25, 0.3) is 5.79 Å². The van der Waals surface area contributed by atoms with E-state index < -0.39 is 66.7 Å². The second kappa shape index (κ2) is 20.7. The summed E-state index contributed by atoms with van der Waals surface area (Å²) in [5, 5.41) is 19.8. The third-order valence-electron chi connectivity index (χ3n) is 9.39. The predicted octanol–water partition coefficient (Wildman–Crippen LogP) is 7.20. The Balaban J connectivity index is 1.55. The van der Waals surface area contributed by atoms with Crippen molar-refractivity contribution in [3.8, 4) is 0 Å². The quantitative estimate of drug-likeness (QED) is 0.0559. The Hall–Kier alpha value is -5.85. The van der Waals surface area contributed by atoms with Crippen LogP contribution >= 0.6 is 0 Å². The van der Waals surface area contributed by atoms with Crippen LogP contribution in [0.4, 0.5) is 0 Å². The summed E-state index contributed by atoms with van der Waals surface area (Å²) in [4.78, 5) is 66.3. The van der Waals surface area contributed by atoms with Crippen LogP contribution in [0.15, 0.2) is 121 Å². The first-order valence-corrected chi connectivity index (χ1v) is 18.8. The summed E-state index contributed by atoms with van der Waals surface area (Å²) in [6, 6.07) is 32.2. The van der Waals surface area contributed by atoms with Crippen molar-refractivity contribution in [3.63, 3.8) is 0 Å². The molecule has 5 rings (SSSR count). The summed E-state index contributed by atoms with van der Waals surface area (Å²) >= 11 is 0. The number of carbonyl (C=O) groups is 5. The molecule has 5 atom stereocenters. The van der Waals surface area contributed by atoms with Crippen LogP contribution in [0.3, 0.4) is 0 Å². The molecule has 0 radical (unpaired) electrons. The van der Waals surface area contributed by atoms with Crippen molar-refractivity contribution < 1.29 is 57.9 Å². The summed E-state index contributed by atoms with van der Waals surface area (Å²) in [5.74, 6) is -6.39. The SMILES string of the molecule is O=C(O)CCCCCCCCC[C@]1(OC(=O)c2ccccc2)O[C@H](CO)[C@@H](OC(=O)c2ccccc2)[C@H](OC(=O)c2ccccc2)[C@H]1OC(=O)c1ccccc1. The molecule has 0 aliphatic carbocycles. The van der Waals surface area contributed by atoms with Gasteiger partial charge in [-0.05, 0) is 61.4 Å². The molecular weight excluding hydrogens is 720 g/mol. The van der Waals surface area contributed by atoms with Crippen LogP contribution in [0.5, 0.6) is 0 Å². The monoisotopic (exact) mass is 766 g/mol. The molecule has 0 spiro atoms. The molecule has 294 valence electrons. The van der Waals surface area contributed by atoms with Crippen LogP contribution in [0.25, 0.3) is 0 Å². The molecule has 1 fully saturated rings. The van der Waals surface area contributed by atoms with Crippen molar-refractivity contribution in [1.82, 2.24) is 0 Å². The van der Waals surface area contributed by atoms with E-state index in [-0.39, 0.29) is 35.1 Å². The number of unbranched alkanes of at least 4 members (excludes halogenated alkanes) is 6. The second-order valence-electron chi connectivity index (χ2n) is 13.4. The maximum Gasteiger partial charge on any atom is 0.340 e. The molecule has 0 unspecified atom stereocenters. The molecule has 1 aliphatic rings.